The molecule has 2 aromatic carbocycles. The van der Waals surface area contributed by atoms with Gasteiger partial charge in [0.2, 0.25) is 0 Å². The molecule has 0 atom stereocenters. The molecule has 0 aliphatic heterocycles. The van der Waals surface area contributed by atoms with E-state index in [1.807, 2.05) is 42.6 Å². The molecule has 0 bridgehead atoms. The average Bonchev–Trinajstić information content (AvgIpc) is 3.41. The number of aryl methyl sites for hydroxylation is 1. The molecule has 6 nitrogen and oxygen atoms in total. The van der Waals surface area contributed by atoms with Crippen molar-refractivity contribution in [3.05, 3.63) is 71.5 Å². The maximum Gasteiger partial charge on any atom is 0.187 e. The van der Waals surface area contributed by atoms with E-state index in [-0.39, 0.29) is 5.82 Å². The van der Waals surface area contributed by atoms with Gasteiger partial charge in [-0.3, -0.25) is 0 Å². The Morgan fingerprint density at radius 1 is 1.00 bits per heavy atom. The van der Waals surface area contributed by atoms with Crippen LogP contribution in [-0.2, 0) is 6.42 Å². The topological polar surface area (TPSA) is 82.0 Å². The Hall–Kier alpha value is -3.65. The normalized spacial score (nSPS) is 11.3. The number of hydrogen-bond acceptors (Lipinski definition) is 6. The standard InChI is InChI=1S/C22H17FN6S/c1-2-16-18(14-8-10-15(23)11-9-14)21-27-26-19(20(24)29(21)28-16)22-25-17(12-30-22)13-6-4-3-5-7-13/h3-12H,2,24H2,1H3. The lowest BCUT2D eigenvalue weighted by atomic mass is 10.0. The molecule has 0 aliphatic carbocycles. The van der Waals surface area contributed by atoms with E-state index in [0.29, 0.717) is 28.6 Å². The van der Waals surface area contributed by atoms with Crippen molar-refractivity contribution in [1.29, 1.82) is 0 Å². The van der Waals surface area contributed by atoms with E-state index in [1.54, 1.807) is 16.6 Å². The molecule has 2 N–H and O–H groups in total. The number of rotatable bonds is 4. The molecule has 0 radical (unpaired) electrons. The lowest BCUT2D eigenvalue weighted by molar-refractivity contribution is 0.628. The number of nitrogen functional groups attached to an aromatic ring is 1. The first-order valence-corrected chi connectivity index (χ1v) is 10.3. The average molecular weight is 416 g/mol. The highest BCUT2D eigenvalue weighted by Crippen LogP contribution is 2.34. The summed E-state index contributed by atoms with van der Waals surface area (Å²) in [5.41, 5.74) is 11.8. The first kappa shape index (κ1) is 18.4. The van der Waals surface area contributed by atoms with Crippen LogP contribution in [0.4, 0.5) is 10.2 Å². The van der Waals surface area contributed by atoms with Crippen molar-refractivity contribution in [2.75, 3.05) is 5.73 Å². The van der Waals surface area contributed by atoms with Gasteiger partial charge in [-0.1, -0.05) is 49.4 Å². The van der Waals surface area contributed by atoms with Crippen molar-refractivity contribution in [3.63, 3.8) is 0 Å². The van der Waals surface area contributed by atoms with Crippen LogP contribution in [0.1, 0.15) is 12.6 Å². The second-order valence-electron chi connectivity index (χ2n) is 6.76. The number of thiazole rings is 1. The van der Waals surface area contributed by atoms with Crippen molar-refractivity contribution >= 4 is 22.8 Å². The zero-order valence-corrected chi connectivity index (χ0v) is 16.9. The summed E-state index contributed by atoms with van der Waals surface area (Å²) in [6, 6.07) is 16.2. The molecule has 0 spiro atoms. The highest BCUT2D eigenvalue weighted by Gasteiger charge is 2.21. The molecule has 0 aliphatic rings. The smallest absolute Gasteiger partial charge is 0.187 e. The van der Waals surface area contributed by atoms with Gasteiger partial charge in [-0.15, -0.1) is 21.5 Å². The van der Waals surface area contributed by atoms with Crippen LogP contribution >= 0.6 is 11.3 Å². The molecule has 0 amide bonds. The minimum atomic E-state index is -0.292. The van der Waals surface area contributed by atoms with E-state index >= 15 is 0 Å². The molecule has 3 aromatic heterocycles. The quantitative estimate of drug-likeness (QED) is 0.452. The number of aromatic nitrogens is 5. The number of benzene rings is 2. The van der Waals surface area contributed by atoms with E-state index < -0.39 is 0 Å². The minimum Gasteiger partial charge on any atom is -0.382 e. The maximum absolute atomic E-state index is 13.4. The van der Waals surface area contributed by atoms with Crippen LogP contribution in [0.2, 0.25) is 0 Å². The third kappa shape index (κ3) is 3.02. The minimum absolute atomic E-state index is 0.292. The van der Waals surface area contributed by atoms with Crippen LogP contribution < -0.4 is 5.73 Å². The Balaban J connectivity index is 1.64. The first-order valence-electron chi connectivity index (χ1n) is 9.46. The number of nitrogens with two attached hydrogens (primary N) is 1. The predicted octanol–water partition coefficient (Wildman–Crippen LogP) is 4.87. The molecule has 0 unspecified atom stereocenters. The number of hydrogen-bond donors (Lipinski definition) is 1. The van der Waals surface area contributed by atoms with Crippen LogP contribution in [0.15, 0.2) is 60.0 Å². The second-order valence-corrected chi connectivity index (χ2v) is 7.61. The fourth-order valence-electron chi connectivity index (χ4n) is 3.40. The summed E-state index contributed by atoms with van der Waals surface area (Å²) < 4.78 is 15.0. The van der Waals surface area contributed by atoms with Crippen molar-refractivity contribution in [3.8, 4) is 33.1 Å². The molecule has 5 rings (SSSR count). The summed E-state index contributed by atoms with van der Waals surface area (Å²) in [7, 11) is 0. The largest absolute Gasteiger partial charge is 0.382 e. The van der Waals surface area contributed by atoms with E-state index in [2.05, 4.69) is 20.3 Å². The van der Waals surface area contributed by atoms with Crippen LogP contribution in [0.5, 0.6) is 0 Å². The van der Waals surface area contributed by atoms with Gasteiger partial charge in [0, 0.05) is 10.9 Å². The molecule has 3 heterocycles. The Morgan fingerprint density at radius 3 is 2.50 bits per heavy atom. The van der Waals surface area contributed by atoms with Gasteiger partial charge < -0.3 is 5.73 Å². The summed E-state index contributed by atoms with van der Waals surface area (Å²) in [6.45, 7) is 2.01. The van der Waals surface area contributed by atoms with Crippen LogP contribution in [-0.4, -0.2) is 24.8 Å². The maximum atomic E-state index is 13.4. The fraction of sp³-hybridized carbons (Fsp3) is 0.0909. The number of fused-ring (bicyclic) bond motifs is 1. The fourth-order valence-corrected chi connectivity index (χ4v) is 4.22. The lowest BCUT2D eigenvalue weighted by Gasteiger charge is -2.04. The second kappa shape index (κ2) is 7.31. The van der Waals surface area contributed by atoms with Crippen LogP contribution in [0, 0.1) is 5.82 Å². The third-order valence-electron chi connectivity index (χ3n) is 4.89. The van der Waals surface area contributed by atoms with Gasteiger partial charge in [-0.25, -0.2) is 9.37 Å². The van der Waals surface area contributed by atoms with Gasteiger partial charge in [0.15, 0.2) is 17.2 Å². The van der Waals surface area contributed by atoms with Crippen LogP contribution in [0.25, 0.3) is 38.7 Å². The molecule has 0 saturated heterocycles. The summed E-state index contributed by atoms with van der Waals surface area (Å²) >= 11 is 1.46. The molecule has 0 saturated carbocycles. The van der Waals surface area contributed by atoms with Gasteiger partial charge >= 0.3 is 0 Å². The molecule has 5 aromatic rings. The van der Waals surface area contributed by atoms with E-state index in [0.717, 1.165) is 28.1 Å². The summed E-state index contributed by atoms with van der Waals surface area (Å²) in [6.07, 6.45) is 0.681. The molecular formula is C22H17FN6S. The van der Waals surface area contributed by atoms with E-state index in [4.69, 9.17) is 5.73 Å². The third-order valence-corrected chi connectivity index (χ3v) is 5.74. The van der Waals surface area contributed by atoms with E-state index in [9.17, 15) is 4.39 Å². The monoisotopic (exact) mass is 416 g/mol. The molecule has 148 valence electrons. The van der Waals surface area contributed by atoms with Crippen molar-refractivity contribution in [2.45, 2.75) is 13.3 Å². The van der Waals surface area contributed by atoms with Gasteiger partial charge in [0.25, 0.3) is 0 Å². The zero-order valence-electron chi connectivity index (χ0n) is 16.1. The van der Waals surface area contributed by atoms with Gasteiger partial charge in [-0.2, -0.15) is 9.61 Å². The zero-order chi connectivity index (χ0) is 20.7. The summed E-state index contributed by atoms with van der Waals surface area (Å²) in [5.74, 6) is 0.0798. The van der Waals surface area contributed by atoms with Crippen molar-refractivity contribution < 1.29 is 4.39 Å². The molecule has 30 heavy (non-hydrogen) atoms. The molecular weight excluding hydrogens is 399 g/mol. The first-order chi connectivity index (χ1) is 14.7. The lowest BCUT2D eigenvalue weighted by Crippen LogP contribution is -2.05. The highest BCUT2D eigenvalue weighted by molar-refractivity contribution is 7.13. The summed E-state index contributed by atoms with van der Waals surface area (Å²) in [5, 5.41) is 16.1. The van der Waals surface area contributed by atoms with Crippen molar-refractivity contribution in [2.24, 2.45) is 0 Å². The highest BCUT2D eigenvalue weighted by atomic mass is 32.1. The molecule has 0 fully saturated rings. The van der Waals surface area contributed by atoms with E-state index in [1.165, 1.54) is 23.5 Å². The van der Waals surface area contributed by atoms with Gasteiger partial charge in [-0.05, 0) is 24.1 Å². The number of nitrogens with zero attached hydrogens (tertiary/aromatic N) is 5. The van der Waals surface area contributed by atoms with Gasteiger partial charge in [0.1, 0.15) is 10.8 Å². The van der Waals surface area contributed by atoms with Gasteiger partial charge in [0.05, 0.1) is 17.0 Å². The Morgan fingerprint density at radius 2 is 1.77 bits per heavy atom. The predicted molar refractivity (Wildman–Crippen MR) is 117 cm³/mol. The Labute approximate surface area is 175 Å². The number of anilines is 1. The van der Waals surface area contributed by atoms with Crippen molar-refractivity contribution in [1.82, 2.24) is 24.8 Å². The number of halogens is 1. The SMILES string of the molecule is CCc1nn2c(N)c(-c3nc(-c4ccccc4)cs3)nnc2c1-c1ccc(F)cc1. The molecule has 8 heteroatoms. The Kier molecular flexibility index (Phi) is 4.48. The van der Waals surface area contributed by atoms with Crippen LogP contribution in [0.3, 0.4) is 0 Å². The summed E-state index contributed by atoms with van der Waals surface area (Å²) in [4.78, 5) is 4.69. The Bertz CT molecular complexity index is 1340.